The van der Waals surface area contributed by atoms with Crippen molar-refractivity contribution < 1.29 is 36.9 Å². The van der Waals surface area contributed by atoms with E-state index >= 15 is 4.39 Å². The van der Waals surface area contributed by atoms with Crippen LogP contribution in [0, 0.1) is 16.5 Å². The highest BCUT2D eigenvalue weighted by Crippen LogP contribution is 2.60. The molecule has 4 aromatic carbocycles. The van der Waals surface area contributed by atoms with Crippen LogP contribution in [-0.4, -0.2) is 115 Å². The second kappa shape index (κ2) is 21.0. The number of hydrogen-bond acceptors (Lipinski definition) is 15. The third-order valence-electron chi connectivity index (χ3n) is 18.3. The Morgan fingerprint density at radius 3 is 2.45 bits per heavy atom. The predicted octanol–water partition coefficient (Wildman–Crippen LogP) is 10.2. The van der Waals surface area contributed by atoms with Crippen molar-refractivity contribution in [2.75, 3.05) is 62.7 Å². The number of aromatic nitrogens is 3. The van der Waals surface area contributed by atoms with E-state index < -0.39 is 27.4 Å². The number of benzene rings is 4. The van der Waals surface area contributed by atoms with Crippen molar-refractivity contribution in [2.24, 2.45) is 11.3 Å². The first kappa shape index (κ1) is 53.9. The maximum Gasteiger partial charge on any atom is 0.268 e. The number of pyridine rings is 1. The number of rotatable bonds is 17. The molecule has 6 aliphatic rings. The van der Waals surface area contributed by atoms with Gasteiger partial charge in [-0.3, -0.25) is 14.6 Å². The van der Waals surface area contributed by atoms with Crippen molar-refractivity contribution in [2.45, 2.75) is 126 Å². The van der Waals surface area contributed by atoms with Crippen LogP contribution in [0.2, 0.25) is 0 Å². The number of amides is 1. The zero-order valence-corrected chi connectivity index (χ0v) is 47.1. The number of piperidine rings is 1. The SMILES string of the molecule is COc1ccc(CN2CC3[C@H]2[C@@H](c2ccccc2C(C)C)N3C2CC3(CCN(c4ccc(C(=O)NS(=O)(=O)c5cc(N(C)[O-])c(NCC6CCC(C)(O)CC6)c6[nH]cnc56)c(Oc5cc6c(nc5OC)CC=C6F)c4)CC3)C2)cc1. The van der Waals surface area contributed by atoms with Crippen LogP contribution in [0.1, 0.15) is 122 Å². The van der Waals surface area contributed by atoms with Crippen molar-refractivity contribution in [3.8, 4) is 23.1 Å². The fraction of sp³-hybridized carbons (Fsp3) is 0.459. The molecule has 2 saturated carbocycles. The quantitative estimate of drug-likeness (QED) is 0.0628. The molecule has 0 radical (unpaired) electrons. The molecule has 12 rings (SSSR count). The van der Waals surface area contributed by atoms with Gasteiger partial charge in [0.1, 0.15) is 27.7 Å². The van der Waals surface area contributed by atoms with E-state index in [4.69, 9.17) is 14.2 Å². The lowest BCUT2D eigenvalue weighted by Crippen LogP contribution is -2.82. The molecule has 3 aliphatic carbocycles. The summed E-state index contributed by atoms with van der Waals surface area (Å²) >= 11 is 0. The predicted molar refractivity (Wildman–Crippen MR) is 307 cm³/mol. The van der Waals surface area contributed by atoms with Gasteiger partial charge in [-0.2, -0.15) is 0 Å². The Kier molecular flexibility index (Phi) is 14.1. The first-order valence-corrected chi connectivity index (χ1v) is 29.6. The number of nitrogens with one attached hydrogen (secondary N) is 3. The number of fused-ring (bicyclic) bond motifs is 3. The number of piperazine rings is 1. The number of ether oxygens (including phenoxy) is 3. The number of H-pyrrole nitrogens is 1. The highest BCUT2D eigenvalue weighted by atomic mass is 32.2. The van der Waals surface area contributed by atoms with Gasteiger partial charge in [-0.15, -0.1) is 0 Å². The van der Waals surface area contributed by atoms with Crippen LogP contribution in [0.4, 0.5) is 21.5 Å². The van der Waals surface area contributed by atoms with Crippen molar-refractivity contribution in [1.82, 2.24) is 29.5 Å². The van der Waals surface area contributed by atoms with Gasteiger partial charge in [0.2, 0.25) is 0 Å². The van der Waals surface area contributed by atoms with Crippen LogP contribution < -0.4 is 34.2 Å². The van der Waals surface area contributed by atoms with Crippen LogP contribution in [0.25, 0.3) is 16.9 Å². The monoisotopic (exact) mass is 1110 g/mol. The van der Waals surface area contributed by atoms with Gasteiger partial charge in [0.05, 0.1) is 60.3 Å². The maximum atomic E-state index is 15.1. The summed E-state index contributed by atoms with van der Waals surface area (Å²) in [5, 5.41) is 27.6. The van der Waals surface area contributed by atoms with Crippen molar-refractivity contribution in [1.29, 1.82) is 0 Å². The van der Waals surface area contributed by atoms with Crippen LogP contribution in [0.15, 0.2) is 96.2 Å². The van der Waals surface area contributed by atoms with Gasteiger partial charge in [-0.25, -0.2) is 27.5 Å². The molecule has 2 aromatic heterocycles. The Balaban J connectivity index is 0.778. The van der Waals surface area contributed by atoms with Gasteiger partial charge in [0, 0.05) is 74.6 Å². The first-order chi connectivity index (χ1) is 38.4. The topological polar surface area (TPSA) is 201 Å². The van der Waals surface area contributed by atoms with Crippen molar-refractivity contribution in [3.63, 3.8) is 0 Å². The minimum atomic E-state index is -4.71. The largest absolute Gasteiger partial charge is 0.758 e. The molecular formula is C61H71FN9O8S-. The molecule has 17 nitrogen and oxygen atoms in total. The van der Waals surface area contributed by atoms with Crippen LogP contribution in [-0.2, 0) is 23.0 Å². The number of nitrogens with zero attached hydrogens (tertiary/aromatic N) is 6. The minimum absolute atomic E-state index is 0.0110. The van der Waals surface area contributed by atoms with Gasteiger partial charge in [0.15, 0.2) is 5.75 Å². The molecule has 4 N–H and O–H groups in total. The maximum absolute atomic E-state index is 15.1. The van der Waals surface area contributed by atoms with E-state index in [0.29, 0.717) is 65.9 Å². The molecule has 1 spiro atoms. The third kappa shape index (κ3) is 9.92. The Morgan fingerprint density at radius 2 is 1.74 bits per heavy atom. The first-order valence-electron chi connectivity index (χ1n) is 28.1. The number of carbonyl (C=O) groups excluding carboxylic acids is 1. The molecule has 5 heterocycles. The number of methoxy groups -OCH3 is 2. The molecule has 5 fully saturated rings. The number of allylic oxidation sites excluding steroid dienone is 1. The summed E-state index contributed by atoms with van der Waals surface area (Å²) in [4.78, 5) is 33.8. The van der Waals surface area contributed by atoms with Gasteiger partial charge < -0.3 is 44.8 Å². The lowest BCUT2D eigenvalue weighted by molar-refractivity contribution is -0.222. The average Bonchev–Trinajstić information content (AvgIpc) is 3.44. The number of halogens is 1. The van der Waals surface area contributed by atoms with E-state index in [0.717, 1.165) is 76.1 Å². The lowest BCUT2D eigenvalue weighted by Gasteiger charge is -2.72. The molecule has 19 heteroatoms. The molecule has 0 bridgehead atoms. The summed E-state index contributed by atoms with van der Waals surface area (Å²) in [5.41, 5.74) is 5.73. The molecule has 80 heavy (non-hydrogen) atoms. The number of imidazole rings is 1. The minimum Gasteiger partial charge on any atom is -0.758 e. The zero-order valence-electron chi connectivity index (χ0n) is 46.3. The van der Waals surface area contributed by atoms with Gasteiger partial charge in [-0.1, -0.05) is 50.2 Å². The lowest BCUT2D eigenvalue weighted by atomic mass is 9.57. The smallest absolute Gasteiger partial charge is 0.268 e. The molecule has 3 saturated heterocycles. The summed E-state index contributed by atoms with van der Waals surface area (Å²) in [6.07, 6.45) is 10.1. The zero-order chi connectivity index (χ0) is 55.8. The van der Waals surface area contributed by atoms with Crippen LogP contribution in [0.5, 0.6) is 23.1 Å². The Morgan fingerprint density at radius 1 is 0.988 bits per heavy atom. The number of likely N-dealkylation sites (tertiary alicyclic amines) is 2. The van der Waals surface area contributed by atoms with E-state index in [1.165, 1.54) is 61.5 Å². The molecular weight excluding hydrogens is 1040 g/mol. The Hall–Kier alpha value is -6.77. The van der Waals surface area contributed by atoms with Gasteiger partial charge in [-0.05, 0) is 142 Å². The summed E-state index contributed by atoms with van der Waals surface area (Å²) < 4.78 is 63.9. The number of hydrogen-bond donors (Lipinski definition) is 4. The van der Waals surface area contributed by atoms with Crippen molar-refractivity contribution in [3.05, 3.63) is 130 Å². The second-order valence-corrected chi connectivity index (χ2v) is 25.4. The van der Waals surface area contributed by atoms with E-state index in [2.05, 4.69) is 89.9 Å². The Labute approximate surface area is 467 Å². The summed E-state index contributed by atoms with van der Waals surface area (Å²) in [6, 6.07) is 27.0. The molecule has 3 atom stereocenters. The van der Waals surface area contributed by atoms with Gasteiger partial charge in [0.25, 0.3) is 21.8 Å². The second-order valence-electron chi connectivity index (χ2n) is 23.7. The number of hydroxylamine groups is 1. The van der Waals surface area contributed by atoms with Gasteiger partial charge >= 0.3 is 0 Å². The average molecular weight is 1110 g/mol. The molecule has 6 aromatic rings. The molecule has 1 amide bonds. The molecule has 422 valence electrons. The summed E-state index contributed by atoms with van der Waals surface area (Å²) in [5.74, 6) is 0.166. The summed E-state index contributed by atoms with van der Waals surface area (Å²) in [7, 11) is -0.314. The highest BCUT2D eigenvalue weighted by molar-refractivity contribution is 7.90. The van der Waals surface area contributed by atoms with E-state index in [1.54, 1.807) is 19.2 Å². The number of carbonyl (C=O) groups is 1. The van der Waals surface area contributed by atoms with E-state index in [9.17, 15) is 23.5 Å². The molecule has 3 aliphatic heterocycles. The fourth-order valence-electron chi connectivity index (χ4n) is 13.8. The van der Waals surface area contributed by atoms with Crippen molar-refractivity contribution >= 4 is 49.9 Å². The number of aliphatic hydroxyl groups is 1. The summed E-state index contributed by atoms with van der Waals surface area (Å²) in [6.45, 7) is 10.4. The van der Waals surface area contributed by atoms with E-state index in [-0.39, 0.29) is 67.9 Å². The standard InChI is InChI=1S/C61H71FN9O8S/c1-36(2)42-9-7-8-10-43(42)56-57-49(34-70(57)33-38-11-14-41(77-5)15-12-38)71(56)40-30-61(31-40)23-25-69(26-24-61)39-13-16-44(50(27-39)79-51-28-45-46(62)17-18-47(45)66-59(51)78-6)58(72)67-80(75,76)52-29-48(68(4)74)53(55-54(52)64-35-65-55)63-32-37-19-21-60(3,73)22-20-37/h7-17,27-29,35-37,40,49,56-57,63,73H,18-26,30-34H2,1-6H3,(H,64,65)(H,67,72)/q-1/t37?,49?,56-,57+,60?/m1/s1. The fourth-order valence-corrected chi connectivity index (χ4v) is 14.9. The number of sulfonamides is 1. The van der Waals surface area contributed by atoms with Crippen LogP contribution in [0.3, 0.4) is 0 Å². The normalized spacial score (nSPS) is 23.6. The number of anilines is 3. The Bertz CT molecular complexity index is 3470. The number of aromatic amines is 1. The highest BCUT2D eigenvalue weighted by Gasteiger charge is 2.64. The third-order valence-corrected chi connectivity index (χ3v) is 19.7. The van der Waals surface area contributed by atoms with Crippen LogP contribution >= 0.6 is 0 Å². The van der Waals surface area contributed by atoms with E-state index in [1.807, 2.05) is 19.1 Å². The molecule has 1 unspecified atom stereocenters.